The van der Waals surface area contributed by atoms with Crippen LogP contribution in [0, 0.1) is 13.8 Å². The molecule has 2 N–H and O–H groups in total. The number of carbonyl (C=O) groups is 1. The summed E-state index contributed by atoms with van der Waals surface area (Å²) in [5, 5.41) is 10.6. The van der Waals surface area contributed by atoms with E-state index in [1.165, 1.54) is 6.07 Å². The molecule has 2 heterocycles. The zero-order valence-electron chi connectivity index (χ0n) is 15.1. The van der Waals surface area contributed by atoms with Crippen LogP contribution in [0.15, 0.2) is 39.8 Å². The van der Waals surface area contributed by atoms with Crippen molar-refractivity contribution in [3.05, 3.63) is 57.7 Å². The van der Waals surface area contributed by atoms with Gasteiger partial charge in [-0.15, -0.1) is 0 Å². The first-order valence-corrected chi connectivity index (χ1v) is 8.50. The molecule has 0 atom stereocenters. The van der Waals surface area contributed by atoms with Crippen molar-refractivity contribution in [1.82, 2.24) is 15.1 Å². The molecule has 0 aliphatic rings. The fourth-order valence-corrected chi connectivity index (χ4v) is 2.86. The summed E-state index contributed by atoms with van der Waals surface area (Å²) in [7, 11) is 1.88. The normalized spacial score (nSPS) is 10.9. The highest BCUT2D eigenvalue weighted by atomic mass is 16.4. The van der Waals surface area contributed by atoms with Crippen molar-refractivity contribution < 1.29 is 9.21 Å². The van der Waals surface area contributed by atoms with Crippen LogP contribution in [0.3, 0.4) is 0 Å². The molecule has 0 radical (unpaired) electrons. The monoisotopic (exact) mass is 354 g/mol. The quantitative estimate of drug-likeness (QED) is 0.545. The number of hydrogen-bond acceptors (Lipinski definition) is 4. The van der Waals surface area contributed by atoms with Gasteiger partial charge in [0.2, 0.25) is 0 Å². The number of aromatic nitrogens is 2. The zero-order chi connectivity index (χ0) is 18.7. The van der Waals surface area contributed by atoms with Crippen molar-refractivity contribution in [2.75, 3.05) is 11.9 Å². The van der Waals surface area contributed by atoms with Crippen molar-refractivity contribution in [1.29, 1.82) is 0 Å². The predicted octanol–water partition coefficient (Wildman–Crippen LogP) is 2.90. The number of hydrogen-bond donors (Lipinski definition) is 2. The number of nitrogens with one attached hydrogen (secondary N) is 2. The number of rotatable bonds is 5. The number of carbonyl (C=O) groups excluding carboxylic acids is 1. The van der Waals surface area contributed by atoms with E-state index in [2.05, 4.69) is 15.7 Å². The first-order valence-electron chi connectivity index (χ1n) is 8.50. The summed E-state index contributed by atoms with van der Waals surface area (Å²) in [6.45, 7) is 4.28. The number of benzene rings is 1. The molecule has 1 aromatic carbocycles. The second-order valence-corrected chi connectivity index (χ2v) is 6.42. The molecular weight excluding hydrogens is 332 g/mol. The first kappa shape index (κ1) is 17.7. The van der Waals surface area contributed by atoms with Crippen LogP contribution in [0.2, 0.25) is 0 Å². The fourth-order valence-electron chi connectivity index (χ4n) is 2.86. The molecule has 3 aromatic rings. The van der Waals surface area contributed by atoms with E-state index in [1.807, 2.05) is 39.4 Å². The number of amides is 2. The standard InChI is InChI=1S/C19H22N4O3/c1-12-8-18(24)26-17-7-13(2)16(9-15(12)17)22-19(25)20-6-4-5-14-10-21-23(3)11-14/h7-11H,4-6H2,1-3H3,(H2,20,22,25). The fraction of sp³-hybridized carbons (Fsp3) is 0.316. The average Bonchev–Trinajstić information content (AvgIpc) is 2.98. The second kappa shape index (κ2) is 7.43. The van der Waals surface area contributed by atoms with Crippen molar-refractivity contribution in [2.24, 2.45) is 7.05 Å². The summed E-state index contributed by atoms with van der Waals surface area (Å²) in [6, 6.07) is 4.79. The molecule has 0 saturated heterocycles. The molecule has 0 fully saturated rings. The predicted molar refractivity (Wildman–Crippen MR) is 101 cm³/mol. The first-order chi connectivity index (χ1) is 12.4. The maximum atomic E-state index is 12.1. The summed E-state index contributed by atoms with van der Waals surface area (Å²) in [6.07, 6.45) is 5.50. The smallest absolute Gasteiger partial charge is 0.336 e. The van der Waals surface area contributed by atoms with E-state index < -0.39 is 0 Å². The van der Waals surface area contributed by atoms with Gasteiger partial charge in [-0.1, -0.05) is 0 Å². The summed E-state index contributed by atoms with van der Waals surface area (Å²) in [5.74, 6) is 0. The van der Waals surface area contributed by atoms with E-state index in [9.17, 15) is 9.59 Å². The lowest BCUT2D eigenvalue weighted by Crippen LogP contribution is -2.30. The van der Waals surface area contributed by atoms with Gasteiger partial charge in [0.15, 0.2) is 0 Å². The topological polar surface area (TPSA) is 89.2 Å². The average molecular weight is 354 g/mol. The van der Waals surface area contributed by atoms with Crippen LogP contribution in [0.1, 0.15) is 23.1 Å². The van der Waals surface area contributed by atoms with Crippen LogP contribution >= 0.6 is 0 Å². The second-order valence-electron chi connectivity index (χ2n) is 6.42. The lowest BCUT2D eigenvalue weighted by Gasteiger charge is -2.11. The third-order valence-electron chi connectivity index (χ3n) is 4.23. The summed E-state index contributed by atoms with van der Waals surface area (Å²) in [4.78, 5) is 23.6. The molecule has 0 bridgehead atoms. The highest BCUT2D eigenvalue weighted by molar-refractivity contribution is 5.94. The van der Waals surface area contributed by atoms with E-state index in [4.69, 9.17) is 4.42 Å². The molecule has 0 unspecified atom stereocenters. The Morgan fingerprint density at radius 3 is 2.77 bits per heavy atom. The van der Waals surface area contributed by atoms with Crippen LogP contribution in [0.5, 0.6) is 0 Å². The van der Waals surface area contributed by atoms with Gasteiger partial charge in [0.1, 0.15) is 5.58 Å². The van der Waals surface area contributed by atoms with Gasteiger partial charge in [-0.25, -0.2) is 9.59 Å². The number of aryl methyl sites for hydroxylation is 4. The third kappa shape index (κ3) is 4.11. The highest BCUT2D eigenvalue weighted by Gasteiger charge is 2.09. The Morgan fingerprint density at radius 2 is 2.04 bits per heavy atom. The molecule has 2 aromatic heterocycles. The number of urea groups is 1. The van der Waals surface area contributed by atoms with Crippen molar-refractivity contribution in [3.8, 4) is 0 Å². The van der Waals surface area contributed by atoms with Gasteiger partial charge >= 0.3 is 11.7 Å². The Balaban J connectivity index is 1.60. The lowest BCUT2D eigenvalue weighted by molar-refractivity contribution is 0.252. The van der Waals surface area contributed by atoms with Crippen molar-refractivity contribution >= 4 is 22.7 Å². The van der Waals surface area contributed by atoms with Gasteiger partial charge in [0, 0.05) is 36.9 Å². The van der Waals surface area contributed by atoms with Crippen LogP contribution in [-0.4, -0.2) is 22.4 Å². The van der Waals surface area contributed by atoms with Crippen molar-refractivity contribution in [3.63, 3.8) is 0 Å². The van der Waals surface area contributed by atoms with E-state index >= 15 is 0 Å². The van der Waals surface area contributed by atoms with Gasteiger partial charge in [0.05, 0.1) is 6.20 Å². The Morgan fingerprint density at radius 1 is 1.23 bits per heavy atom. The largest absolute Gasteiger partial charge is 0.423 e. The Kier molecular flexibility index (Phi) is 5.06. The van der Waals surface area contributed by atoms with Gasteiger partial charge in [-0.2, -0.15) is 5.10 Å². The molecular formula is C19H22N4O3. The maximum absolute atomic E-state index is 12.1. The molecule has 136 valence electrons. The lowest BCUT2D eigenvalue weighted by atomic mass is 10.1. The molecule has 0 aliphatic heterocycles. The van der Waals surface area contributed by atoms with Crippen LogP contribution in [0.25, 0.3) is 11.0 Å². The molecule has 7 nitrogen and oxygen atoms in total. The minimum absolute atomic E-state index is 0.256. The highest BCUT2D eigenvalue weighted by Crippen LogP contribution is 2.24. The molecule has 3 rings (SSSR count). The van der Waals surface area contributed by atoms with E-state index in [-0.39, 0.29) is 11.7 Å². The van der Waals surface area contributed by atoms with Crippen LogP contribution < -0.4 is 16.3 Å². The third-order valence-corrected chi connectivity index (χ3v) is 4.23. The van der Waals surface area contributed by atoms with Crippen LogP contribution in [0.4, 0.5) is 10.5 Å². The molecule has 0 aliphatic carbocycles. The number of nitrogens with zero attached hydrogens (tertiary/aromatic N) is 2. The van der Waals surface area contributed by atoms with Crippen LogP contribution in [-0.2, 0) is 13.5 Å². The van der Waals surface area contributed by atoms with E-state index in [1.54, 1.807) is 10.7 Å². The van der Waals surface area contributed by atoms with Gasteiger partial charge in [-0.3, -0.25) is 4.68 Å². The molecule has 7 heteroatoms. The minimum Gasteiger partial charge on any atom is -0.423 e. The molecule has 2 amide bonds. The SMILES string of the molecule is Cc1cc2oc(=O)cc(C)c2cc1NC(=O)NCCCc1cnn(C)c1. The summed E-state index contributed by atoms with van der Waals surface area (Å²) < 4.78 is 6.98. The van der Waals surface area contributed by atoms with E-state index in [0.717, 1.165) is 34.9 Å². The number of anilines is 1. The molecule has 26 heavy (non-hydrogen) atoms. The number of fused-ring (bicyclic) bond motifs is 1. The summed E-state index contributed by atoms with van der Waals surface area (Å²) >= 11 is 0. The zero-order valence-corrected chi connectivity index (χ0v) is 15.1. The Hall–Kier alpha value is -3.09. The maximum Gasteiger partial charge on any atom is 0.336 e. The van der Waals surface area contributed by atoms with Gasteiger partial charge in [-0.05, 0) is 55.5 Å². The van der Waals surface area contributed by atoms with E-state index in [0.29, 0.717) is 17.8 Å². The minimum atomic E-state index is -0.374. The van der Waals surface area contributed by atoms with Gasteiger partial charge < -0.3 is 15.1 Å². The molecule has 0 saturated carbocycles. The summed E-state index contributed by atoms with van der Waals surface area (Å²) in [5.41, 5.74) is 3.64. The Bertz CT molecular complexity index is 1000. The Labute approximate surface area is 151 Å². The van der Waals surface area contributed by atoms with Crippen molar-refractivity contribution in [2.45, 2.75) is 26.7 Å². The van der Waals surface area contributed by atoms with Gasteiger partial charge in [0.25, 0.3) is 0 Å². The molecule has 0 spiro atoms.